The summed E-state index contributed by atoms with van der Waals surface area (Å²) in [5, 5.41) is 18.2. The summed E-state index contributed by atoms with van der Waals surface area (Å²) in [5.74, 6) is -1.25. The molecule has 1 aromatic rings. The van der Waals surface area contributed by atoms with Crippen molar-refractivity contribution in [2.75, 3.05) is 19.7 Å². The first-order chi connectivity index (χ1) is 9.86. The second-order valence-corrected chi connectivity index (χ2v) is 7.76. The summed E-state index contributed by atoms with van der Waals surface area (Å²) < 4.78 is 27.0. The molecule has 0 saturated carbocycles. The molecule has 0 aromatic heterocycles. The molecule has 2 N–H and O–H groups in total. The number of carbonyl (C=O) groups is 1. The van der Waals surface area contributed by atoms with Crippen LogP contribution >= 0.6 is 15.9 Å². The van der Waals surface area contributed by atoms with Crippen LogP contribution in [-0.2, 0) is 10.0 Å². The fourth-order valence-electron chi connectivity index (χ4n) is 2.37. The number of sulfonamides is 1. The second kappa shape index (κ2) is 6.43. The molecular formula is C13H16BrNO5S. The van der Waals surface area contributed by atoms with Crippen molar-refractivity contribution in [2.24, 2.45) is 5.92 Å². The second-order valence-electron chi connectivity index (χ2n) is 5.00. The highest BCUT2D eigenvalue weighted by Gasteiger charge is 2.31. The number of aliphatic hydroxyl groups is 1. The Kier molecular flexibility index (Phi) is 5.03. The molecule has 1 aromatic carbocycles. The average Bonchev–Trinajstić information content (AvgIpc) is 2.47. The number of aliphatic hydroxyl groups excluding tert-OH is 1. The molecule has 0 aliphatic carbocycles. The van der Waals surface area contributed by atoms with Crippen molar-refractivity contribution in [2.45, 2.75) is 17.7 Å². The zero-order valence-corrected chi connectivity index (χ0v) is 13.6. The third kappa shape index (κ3) is 3.45. The lowest BCUT2D eigenvalue weighted by molar-refractivity contribution is 0.0696. The molecule has 1 atom stereocenters. The monoisotopic (exact) mass is 377 g/mol. The van der Waals surface area contributed by atoms with Gasteiger partial charge < -0.3 is 10.2 Å². The molecule has 116 valence electrons. The van der Waals surface area contributed by atoms with Crippen LogP contribution in [0.15, 0.2) is 27.6 Å². The van der Waals surface area contributed by atoms with Crippen molar-refractivity contribution in [3.8, 4) is 0 Å². The zero-order valence-electron chi connectivity index (χ0n) is 11.2. The first-order valence-electron chi connectivity index (χ1n) is 6.50. The smallest absolute Gasteiger partial charge is 0.335 e. The molecule has 0 bridgehead atoms. The summed E-state index contributed by atoms with van der Waals surface area (Å²) in [6.45, 7) is 0.577. The van der Waals surface area contributed by atoms with Crippen LogP contribution < -0.4 is 0 Å². The largest absolute Gasteiger partial charge is 0.478 e. The molecule has 1 fully saturated rings. The molecule has 0 spiro atoms. The minimum absolute atomic E-state index is 0.0532. The topological polar surface area (TPSA) is 94.9 Å². The van der Waals surface area contributed by atoms with Gasteiger partial charge in [-0.1, -0.05) is 0 Å². The van der Waals surface area contributed by atoms with Crippen molar-refractivity contribution in [1.29, 1.82) is 0 Å². The number of carboxylic acid groups (broad SMARTS) is 1. The number of rotatable bonds is 4. The van der Waals surface area contributed by atoms with Gasteiger partial charge in [-0.3, -0.25) is 0 Å². The van der Waals surface area contributed by atoms with Crippen LogP contribution in [-0.4, -0.2) is 48.6 Å². The molecule has 21 heavy (non-hydrogen) atoms. The molecule has 1 aliphatic heterocycles. The Morgan fingerprint density at radius 2 is 2.14 bits per heavy atom. The maximum atomic E-state index is 12.7. The molecule has 8 heteroatoms. The third-order valence-electron chi connectivity index (χ3n) is 3.54. The highest BCUT2D eigenvalue weighted by atomic mass is 79.9. The molecule has 1 saturated heterocycles. The average molecular weight is 378 g/mol. The Bertz CT molecular complexity index is 646. The number of hydrogen-bond donors (Lipinski definition) is 2. The number of carboxylic acids is 1. The number of benzene rings is 1. The highest BCUT2D eigenvalue weighted by molar-refractivity contribution is 9.10. The normalized spacial score (nSPS) is 20.4. The molecule has 1 unspecified atom stereocenters. The van der Waals surface area contributed by atoms with Gasteiger partial charge in [0.05, 0.1) is 10.5 Å². The molecular weight excluding hydrogens is 362 g/mol. The number of nitrogens with zero attached hydrogens (tertiary/aromatic N) is 1. The number of aromatic carboxylic acids is 1. The lowest BCUT2D eigenvalue weighted by atomic mass is 10.0. The number of halogens is 1. The van der Waals surface area contributed by atoms with Crippen molar-refractivity contribution < 1.29 is 23.4 Å². The van der Waals surface area contributed by atoms with Crippen molar-refractivity contribution in [3.63, 3.8) is 0 Å². The van der Waals surface area contributed by atoms with Gasteiger partial charge in [-0.2, -0.15) is 4.31 Å². The summed E-state index contributed by atoms with van der Waals surface area (Å²) in [5.41, 5.74) is -0.0764. The van der Waals surface area contributed by atoms with Gasteiger partial charge >= 0.3 is 5.97 Å². The SMILES string of the molecule is O=C(O)c1ccc(Br)c(S(=O)(=O)N2CCCC(CO)C2)c1. The van der Waals surface area contributed by atoms with Gasteiger partial charge in [0.25, 0.3) is 0 Å². The van der Waals surface area contributed by atoms with Crippen molar-refractivity contribution in [1.82, 2.24) is 4.31 Å². The van der Waals surface area contributed by atoms with Gasteiger partial charge in [0.15, 0.2) is 0 Å². The predicted molar refractivity (Wildman–Crippen MR) is 79.7 cm³/mol. The summed E-state index contributed by atoms with van der Waals surface area (Å²) in [6.07, 6.45) is 1.47. The Balaban J connectivity index is 2.39. The summed E-state index contributed by atoms with van der Waals surface area (Å²) in [7, 11) is -3.78. The van der Waals surface area contributed by atoms with E-state index in [2.05, 4.69) is 15.9 Å². The van der Waals surface area contributed by atoms with E-state index < -0.39 is 16.0 Å². The van der Waals surface area contributed by atoms with Gasteiger partial charge in [0, 0.05) is 24.2 Å². The fraction of sp³-hybridized carbons (Fsp3) is 0.462. The Morgan fingerprint density at radius 3 is 2.76 bits per heavy atom. The summed E-state index contributed by atoms with van der Waals surface area (Å²) in [4.78, 5) is 11.0. The number of hydrogen-bond acceptors (Lipinski definition) is 4. The highest BCUT2D eigenvalue weighted by Crippen LogP contribution is 2.29. The number of piperidine rings is 1. The standard InChI is InChI=1S/C13H16BrNO5S/c14-11-4-3-10(13(17)18)6-12(11)21(19,20)15-5-1-2-9(7-15)8-16/h3-4,6,9,16H,1-2,5,7-8H2,(H,17,18). The van der Waals surface area contributed by atoms with E-state index in [1.165, 1.54) is 16.4 Å². The van der Waals surface area contributed by atoms with E-state index in [9.17, 15) is 18.3 Å². The van der Waals surface area contributed by atoms with Crippen LogP contribution in [0, 0.1) is 5.92 Å². The van der Waals surface area contributed by atoms with Gasteiger partial charge in [0.1, 0.15) is 0 Å². The third-order valence-corrected chi connectivity index (χ3v) is 6.39. The Labute approximate surface area is 131 Å². The molecule has 6 nitrogen and oxygen atoms in total. The van der Waals surface area contributed by atoms with Crippen LogP contribution in [0.2, 0.25) is 0 Å². The van der Waals surface area contributed by atoms with Gasteiger partial charge in [-0.05, 0) is 52.9 Å². The minimum Gasteiger partial charge on any atom is -0.478 e. The van der Waals surface area contributed by atoms with E-state index >= 15 is 0 Å². The molecule has 0 amide bonds. The first kappa shape index (κ1) is 16.4. The maximum absolute atomic E-state index is 12.7. The zero-order chi connectivity index (χ0) is 15.6. The van der Waals surface area contributed by atoms with E-state index in [4.69, 9.17) is 5.11 Å². The van der Waals surface area contributed by atoms with Gasteiger partial charge in [-0.25, -0.2) is 13.2 Å². The first-order valence-corrected chi connectivity index (χ1v) is 8.73. The molecule has 0 radical (unpaired) electrons. The lowest BCUT2D eigenvalue weighted by Crippen LogP contribution is -2.41. The quantitative estimate of drug-likeness (QED) is 0.829. The molecule has 1 aliphatic rings. The Hall–Kier alpha value is -0.960. The van der Waals surface area contributed by atoms with Crippen molar-refractivity contribution in [3.05, 3.63) is 28.2 Å². The van der Waals surface area contributed by atoms with E-state index in [1.807, 2.05) is 0 Å². The van der Waals surface area contributed by atoms with Gasteiger partial charge in [0.2, 0.25) is 10.0 Å². The van der Waals surface area contributed by atoms with Crippen LogP contribution in [0.1, 0.15) is 23.2 Å². The predicted octanol–water partition coefficient (Wildman–Crippen LogP) is 1.54. The molecule has 1 heterocycles. The summed E-state index contributed by atoms with van der Waals surface area (Å²) >= 11 is 3.17. The lowest BCUT2D eigenvalue weighted by Gasteiger charge is -2.31. The molecule has 2 rings (SSSR count). The van der Waals surface area contributed by atoms with Crippen LogP contribution in [0.25, 0.3) is 0 Å². The van der Waals surface area contributed by atoms with Crippen molar-refractivity contribution >= 4 is 31.9 Å². The Morgan fingerprint density at radius 1 is 1.43 bits per heavy atom. The minimum atomic E-state index is -3.78. The maximum Gasteiger partial charge on any atom is 0.335 e. The van der Waals surface area contributed by atoms with Crippen LogP contribution in [0.4, 0.5) is 0 Å². The van der Waals surface area contributed by atoms with E-state index in [-0.39, 0.29) is 29.5 Å². The summed E-state index contributed by atoms with van der Waals surface area (Å²) in [6, 6.07) is 3.92. The van der Waals surface area contributed by atoms with E-state index in [0.717, 1.165) is 12.5 Å². The fourth-order valence-corrected chi connectivity index (χ4v) is 4.87. The van der Waals surface area contributed by atoms with E-state index in [1.54, 1.807) is 0 Å². The van der Waals surface area contributed by atoms with Gasteiger partial charge in [-0.15, -0.1) is 0 Å². The van der Waals surface area contributed by atoms with E-state index in [0.29, 0.717) is 17.4 Å². The van der Waals surface area contributed by atoms with Crippen LogP contribution in [0.5, 0.6) is 0 Å². The van der Waals surface area contributed by atoms with Crippen LogP contribution in [0.3, 0.4) is 0 Å².